The third kappa shape index (κ3) is 1.97. The highest BCUT2D eigenvalue weighted by Gasteiger charge is 2.36. The van der Waals surface area contributed by atoms with Crippen LogP contribution in [0.1, 0.15) is 24.8 Å². The van der Waals surface area contributed by atoms with Gasteiger partial charge in [-0.25, -0.2) is 4.98 Å². The number of aryl methyl sites for hydroxylation is 1. The van der Waals surface area contributed by atoms with Crippen LogP contribution >= 0.6 is 0 Å². The number of methoxy groups -OCH3 is 1. The van der Waals surface area contributed by atoms with Gasteiger partial charge in [0.25, 0.3) is 0 Å². The number of hydrogen-bond donors (Lipinski definition) is 2. The van der Waals surface area contributed by atoms with Gasteiger partial charge in [0.05, 0.1) is 11.3 Å². The molecule has 0 aromatic carbocycles. The Labute approximate surface area is 96.2 Å². The second-order valence-corrected chi connectivity index (χ2v) is 4.48. The molecule has 1 fully saturated rings. The van der Waals surface area contributed by atoms with E-state index in [0.29, 0.717) is 0 Å². The van der Waals surface area contributed by atoms with Crippen molar-refractivity contribution < 1.29 is 4.74 Å². The van der Waals surface area contributed by atoms with Crippen LogP contribution in [0.3, 0.4) is 0 Å². The molecule has 0 spiro atoms. The molecule has 0 unspecified atom stereocenters. The first-order chi connectivity index (χ1) is 7.67. The predicted molar refractivity (Wildman–Crippen MR) is 65.5 cm³/mol. The molecule has 1 heterocycles. The molecule has 3 N–H and O–H groups in total. The fourth-order valence-corrected chi connectivity index (χ4v) is 1.98. The highest BCUT2D eigenvalue weighted by Crippen LogP contribution is 2.35. The summed E-state index contributed by atoms with van der Waals surface area (Å²) < 4.78 is 5.53. The van der Waals surface area contributed by atoms with E-state index >= 15 is 0 Å². The Bertz CT molecular complexity index is 369. The van der Waals surface area contributed by atoms with Gasteiger partial charge in [0, 0.05) is 19.9 Å². The molecular formula is C12H19N3O. The molecule has 88 valence electrons. The molecule has 0 amide bonds. The van der Waals surface area contributed by atoms with E-state index in [1.807, 2.05) is 13.0 Å². The standard InChI is InChI=1S/C12H19N3O/c1-9-4-7-14-11(10(9)13)15-8-12(16-2)5-3-6-12/h4,7H,3,5-6,8,13H2,1-2H3,(H,14,15). The van der Waals surface area contributed by atoms with E-state index < -0.39 is 0 Å². The van der Waals surface area contributed by atoms with E-state index in [0.717, 1.165) is 36.5 Å². The summed E-state index contributed by atoms with van der Waals surface area (Å²) in [5, 5.41) is 3.29. The molecule has 4 heteroatoms. The Balaban J connectivity index is 2.02. The first-order valence-corrected chi connectivity index (χ1v) is 5.67. The second kappa shape index (κ2) is 4.29. The number of anilines is 2. The van der Waals surface area contributed by atoms with Gasteiger partial charge in [-0.05, 0) is 37.8 Å². The highest BCUT2D eigenvalue weighted by molar-refractivity contribution is 5.64. The van der Waals surface area contributed by atoms with Crippen molar-refractivity contribution in [2.75, 3.05) is 24.7 Å². The van der Waals surface area contributed by atoms with Gasteiger partial charge in [0.2, 0.25) is 0 Å². The largest absolute Gasteiger partial charge is 0.396 e. The Morgan fingerprint density at radius 2 is 2.31 bits per heavy atom. The summed E-state index contributed by atoms with van der Waals surface area (Å²) in [6, 6.07) is 1.91. The van der Waals surface area contributed by atoms with Crippen molar-refractivity contribution in [2.45, 2.75) is 31.8 Å². The number of rotatable bonds is 4. The maximum absolute atomic E-state index is 5.95. The molecule has 1 aliphatic rings. The van der Waals surface area contributed by atoms with Crippen LogP contribution in [0.15, 0.2) is 12.3 Å². The normalized spacial score (nSPS) is 17.9. The van der Waals surface area contributed by atoms with Crippen LogP contribution in [0.4, 0.5) is 11.5 Å². The van der Waals surface area contributed by atoms with Crippen molar-refractivity contribution in [1.29, 1.82) is 0 Å². The monoisotopic (exact) mass is 221 g/mol. The van der Waals surface area contributed by atoms with E-state index in [4.69, 9.17) is 10.5 Å². The summed E-state index contributed by atoms with van der Waals surface area (Å²) in [4.78, 5) is 4.24. The molecule has 4 nitrogen and oxygen atoms in total. The zero-order chi connectivity index (χ0) is 11.6. The third-order valence-electron chi connectivity index (χ3n) is 3.48. The van der Waals surface area contributed by atoms with Gasteiger partial charge in [-0.15, -0.1) is 0 Å². The molecule has 1 aromatic heterocycles. The van der Waals surface area contributed by atoms with Crippen LogP contribution < -0.4 is 11.1 Å². The number of aromatic nitrogens is 1. The van der Waals surface area contributed by atoms with Gasteiger partial charge >= 0.3 is 0 Å². The smallest absolute Gasteiger partial charge is 0.149 e. The first kappa shape index (κ1) is 11.2. The molecule has 1 saturated carbocycles. The van der Waals surface area contributed by atoms with Gasteiger partial charge in [0.1, 0.15) is 5.82 Å². The van der Waals surface area contributed by atoms with Gasteiger partial charge in [0.15, 0.2) is 0 Å². The molecule has 0 saturated heterocycles. The third-order valence-corrected chi connectivity index (χ3v) is 3.48. The van der Waals surface area contributed by atoms with Gasteiger partial charge in [-0.2, -0.15) is 0 Å². The summed E-state index contributed by atoms with van der Waals surface area (Å²) >= 11 is 0. The minimum Gasteiger partial charge on any atom is -0.396 e. The molecule has 16 heavy (non-hydrogen) atoms. The Hall–Kier alpha value is -1.29. The van der Waals surface area contributed by atoms with Gasteiger partial charge < -0.3 is 15.8 Å². The molecule has 0 atom stereocenters. The lowest BCUT2D eigenvalue weighted by Gasteiger charge is -2.40. The number of nitrogen functional groups attached to an aromatic ring is 1. The van der Waals surface area contributed by atoms with Gasteiger partial charge in [-0.1, -0.05) is 0 Å². The van der Waals surface area contributed by atoms with Crippen molar-refractivity contribution in [3.8, 4) is 0 Å². The van der Waals surface area contributed by atoms with E-state index in [1.54, 1.807) is 13.3 Å². The minimum absolute atomic E-state index is 0.00212. The molecule has 1 aromatic rings. The van der Waals surface area contributed by atoms with Crippen molar-refractivity contribution in [3.05, 3.63) is 17.8 Å². The lowest BCUT2D eigenvalue weighted by molar-refractivity contribution is -0.0601. The summed E-state index contributed by atoms with van der Waals surface area (Å²) in [5.41, 5.74) is 7.73. The summed E-state index contributed by atoms with van der Waals surface area (Å²) in [6.07, 6.45) is 5.24. The van der Waals surface area contributed by atoms with Crippen LogP contribution in [-0.2, 0) is 4.74 Å². The van der Waals surface area contributed by atoms with Crippen LogP contribution in [0.2, 0.25) is 0 Å². The molecular weight excluding hydrogens is 202 g/mol. The molecule has 2 rings (SSSR count). The quantitative estimate of drug-likeness (QED) is 0.816. The predicted octanol–water partition coefficient (Wildman–Crippen LogP) is 1.95. The zero-order valence-corrected chi connectivity index (χ0v) is 9.92. The van der Waals surface area contributed by atoms with E-state index in [2.05, 4.69) is 10.3 Å². The molecule has 0 aliphatic heterocycles. The Kier molecular flexibility index (Phi) is 3.01. The number of nitrogens with one attached hydrogen (secondary N) is 1. The average molecular weight is 221 g/mol. The fraction of sp³-hybridized carbons (Fsp3) is 0.583. The van der Waals surface area contributed by atoms with Crippen LogP contribution in [-0.4, -0.2) is 24.2 Å². The Morgan fingerprint density at radius 3 is 2.88 bits per heavy atom. The van der Waals surface area contributed by atoms with Crippen molar-refractivity contribution in [2.24, 2.45) is 0 Å². The van der Waals surface area contributed by atoms with Crippen molar-refractivity contribution >= 4 is 11.5 Å². The highest BCUT2D eigenvalue weighted by atomic mass is 16.5. The Morgan fingerprint density at radius 1 is 1.56 bits per heavy atom. The van der Waals surface area contributed by atoms with E-state index in [1.165, 1.54) is 6.42 Å². The first-order valence-electron chi connectivity index (χ1n) is 5.67. The number of nitrogens with zero attached hydrogens (tertiary/aromatic N) is 1. The number of hydrogen-bond acceptors (Lipinski definition) is 4. The van der Waals surface area contributed by atoms with Crippen LogP contribution in [0.5, 0.6) is 0 Å². The lowest BCUT2D eigenvalue weighted by atomic mass is 9.80. The van der Waals surface area contributed by atoms with Crippen LogP contribution in [0, 0.1) is 6.92 Å². The van der Waals surface area contributed by atoms with Crippen molar-refractivity contribution in [1.82, 2.24) is 4.98 Å². The number of ether oxygens (including phenoxy) is 1. The summed E-state index contributed by atoms with van der Waals surface area (Å²) in [6.45, 7) is 2.77. The van der Waals surface area contributed by atoms with Crippen LogP contribution in [0.25, 0.3) is 0 Å². The summed E-state index contributed by atoms with van der Waals surface area (Å²) in [7, 11) is 1.77. The van der Waals surface area contributed by atoms with E-state index in [9.17, 15) is 0 Å². The minimum atomic E-state index is -0.00212. The molecule has 1 aliphatic carbocycles. The maximum atomic E-state index is 5.95. The summed E-state index contributed by atoms with van der Waals surface area (Å²) in [5.74, 6) is 0.767. The average Bonchev–Trinajstić information content (AvgIpc) is 2.23. The van der Waals surface area contributed by atoms with Gasteiger partial charge in [-0.3, -0.25) is 0 Å². The lowest BCUT2D eigenvalue weighted by Crippen LogP contribution is -2.45. The number of nitrogens with two attached hydrogens (primary N) is 1. The van der Waals surface area contributed by atoms with Crippen molar-refractivity contribution in [3.63, 3.8) is 0 Å². The fourth-order valence-electron chi connectivity index (χ4n) is 1.98. The van der Waals surface area contributed by atoms with E-state index in [-0.39, 0.29) is 5.60 Å². The number of pyridine rings is 1. The zero-order valence-electron chi connectivity index (χ0n) is 9.92. The SMILES string of the molecule is COC1(CNc2nccc(C)c2N)CCC1. The molecule has 0 bridgehead atoms. The topological polar surface area (TPSA) is 60.2 Å². The molecule has 0 radical (unpaired) electrons. The maximum Gasteiger partial charge on any atom is 0.149 e. The second-order valence-electron chi connectivity index (χ2n) is 4.48.